The number of hydrogen-bond acceptors (Lipinski definition) is 5. The highest BCUT2D eigenvalue weighted by atomic mass is 32.2. The van der Waals surface area contributed by atoms with Gasteiger partial charge in [-0.3, -0.25) is 5.43 Å². The molecule has 1 aliphatic heterocycles. The zero-order valence-corrected chi connectivity index (χ0v) is 17.1. The molecule has 0 spiro atoms. The van der Waals surface area contributed by atoms with Crippen molar-refractivity contribution in [2.24, 2.45) is 12.1 Å². The van der Waals surface area contributed by atoms with Crippen molar-refractivity contribution in [1.82, 2.24) is 20.3 Å². The molecule has 0 amide bonds. The zero-order chi connectivity index (χ0) is 19.8. The van der Waals surface area contributed by atoms with E-state index in [1.54, 1.807) is 18.0 Å². The first-order valence-corrected chi connectivity index (χ1v) is 10.5. The normalized spacial score (nSPS) is 16.5. The van der Waals surface area contributed by atoms with Crippen LogP contribution >= 0.6 is 11.8 Å². The first-order valence-electron chi connectivity index (χ1n) is 9.51. The van der Waals surface area contributed by atoms with E-state index in [9.17, 15) is 0 Å². The quantitative estimate of drug-likeness (QED) is 0.390. The minimum atomic E-state index is 0.00356. The van der Waals surface area contributed by atoms with E-state index in [0.717, 1.165) is 17.1 Å². The molecule has 2 N–H and O–H groups in total. The number of rotatable bonds is 4. The van der Waals surface area contributed by atoms with Crippen LogP contribution in [0.25, 0.3) is 27.5 Å². The number of fused-ring (bicyclic) bond motifs is 3. The minimum Gasteiger partial charge on any atom is -0.355 e. The molecule has 2 aromatic carbocycles. The standard InChI is InChI=1S/C23H21N5S/c1-15-22-19(18-10-6-7-11-21(18)28(22)2)12-17(25-15)13-24-27-23-26-20(14-29-23)16-8-4-3-5-9-16/h3-14,23,26-27H,1-2H3/b24-13+. The number of nitrogens with one attached hydrogen (secondary N) is 2. The molecule has 3 heterocycles. The molecule has 6 heteroatoms. The van der Waals surface area contributed by atoms with Gasteiger partial charge >= 0.3 is 0 Å². The molecule has 5 nitrogen and oxygen atoms in total. The van der Waals surface area contributed by atoms with Gasteiger partial charge in [0, 0.05) is 23.3 Å². The van der Waals surface area contributed by atoms with E-state index >= 15 is 0 Å². The fraction of sp³-hybridized carbons (Fsp3) is 0.130. The fourth-order valence-corrected chi connectivity index (χ4v) is 4.64. The Balaban J connectivity index is 1.35. The maximum atomic E-state index is 4.73. The lowest BCUT2D eigenvalue weighted by atomic mass is 10.1. The lowest BCUT2D eigenvalue weighted by Crippen LogP contribution is -2.31. The van der Waals surface area contributed by atoms with Crippen LogP contribution in [0.15, 0.2) is 71.2 Å². The summed E-state index contributed by atoms with van der Waals surface area (Å²) in [7, 11) is 2.09. The van der Waals surface area contributed by atoms with E-state index in [1.165, 1.54) is 27.4 Å². The Morgan fingerprint density at radius 1 is 1.10 bits per heavy atom. The Morgan fingerprint density at radius 2 is 1.90 bits per heavy atom. The van der Waals surface area contributed by atoms with Crippen molar-refractivity contribution in [2.75, 3.05) is 0 Å². The lowest BCUT2D eigenvalue weighted by Gasteiger charge is -2.12. The van der Waals surface area contributed by atoms with Crippen molar-refractivity contribution >= 4 is 45.5 Å². The number of thioether (sulfide) groups is 1. The largest absolute Gasteiger partial charge is 0.355 e. The van der Waals surface area contributed by atoms with Crippen LogP contribution in [0.5, 0.6) is 0 Å². The molecule has 144 valence electrons. The number of aryl methyl sites for hydroxylation is 2. The summed E-state index contributed by atoms with van der Waals surface area (Å²) in [5.74, 6) is 0. The smallest absolute Gasteiger partial charge is 0.165 e. The molecule has 0 aliphatic carbocycles. The molecule has 0 fully saturated rings. The summed E-state index contributed by atoms with van der Waals surface area (Å²) in [5, 5.41) is 12.4. The number of hydrazone groups is 1. The van der Waals surface area contributed by atoms with E-state index in [-0.39, 0.29) is 5.50 Å². The Kier molecular flexibility index (Phi) is 4.48. The SMILES string of the molecule is Cc1nc(/C=N/NC2NC(c3ccccc3)=CS2)cc2c3ccccc3n(C)c12. The van der Waals surface area contributed by atoms with E-state index < -0.39 is 0 Å². The van der Waals surface area contributed by atoms with E-state index in [1.807, 2.05) is 18.2 Å². The molecule has 29 heavy (non-hydrogen) atoms. The zero-order valence-electron chi connectivity index (χ0n) is 16.3. The first-order chi connectivity index (χ1) is 14.2. The molecular weight excluding hydrogens is 378 g/mol. The van der Waals surface area contributed by atoms with Crippen LogP contribution in [0.1, 0.15) is 17.0 Å². The third kappa shape index (κ3) is 3.25. The summed E-state index contributed by atoms with van der Waals surface area (Å²) in [5.41, 5.74) is 9.68. The maximum absolute atomic E-state index is 4.73. The van der Waals surface area contributed by atoms with Gasteiger partial charge in [0.05, 0.1) is 28.8 Å². The van der Waals surface area contributed by atoms with Crippen molar-refractivity contribution in [3.8, 4) is 0 Å². The molecule has 2 aromatic heterocycles. The second kappa shape index (κ2) is 7.29. The molecule has 5 rings (SSSR count). The van der Waals surface area contributed by atoms with Gasteiger partial charge in [0.2, 0.25) is 0 Å². The molecule has 1 aliphatic rings. The Morgan fingerprint density at radius 3 is 2.76 bits per heavy atom. The third-order valence-corrected chi connectivity index (χ3v) is 6.03. The van der Waals surface area contributed by atoms with Gasteiger partial charge in [-0.15, -0.1) is 0 Å². The molecule has 1 atom stereocenters. The number of aromatic nitrogens is 2. The topological polar surface area (TPSA) is 54.2 Å². The average Bonchev–Trinajstić information content (AvgIpc) is 3.33. The third-order valence-electron chi connectivity index (χ3n) is 5.16. The predicted molar refractivity (Wildman–Crippen MR) is 123 cm³/mol. The number of para-hydroxylation sites is 1. The van der Waals surface area contributed by atoms with Gasteiger partial charge in [0.15, 0.2) is 5.50 Å². The second-order valence-corrected chi connectivity index (χ2v) is 8.03. The molecular formula is C23H21N5S. The number of benzene rings is 2. The van der Waals surface area contributed by atoms with Gasteiger partial charge in [-0.25, -0.2) is 4.98 Å². The summed E-state index contributed by atoms with van der Waals surface area (Å²) in [6.45, 7) is 2.05. The van der Waals surface area contributed by atoms with E-state index in [4.69, 9.17) is 4.98 Å². The highest BCUT2D eigenvalue weighted by Crippen LogP contribution is 2.30. The lowest BCUT2D eigenvalue weighted by molar-refractivity contribution is 0.657. The molecule has 0 radical (unpaired) electrons. The van der Waals surface area contributed by atoms with Crippen LogP contribution in [-0.4, -0.2) is 21.3 Å². The summed E-state index contributed by atoms with van der Waals surface area (Å²) in [6.07, 6.45) is 1.79. The van der Waals surface area contributed by atoms with Gasteiger partial charge in [0.25, 0.3) is 0 Å². The van der Waals surface area contributed by atoms with Gasteiger partial charge in [-0.1, -0.05) is 60.3 Å². The van der Waals surface area contributed by atoms with E-state index in [2.05, 4.69) is 82.3 Å². The predicted octanol–water partition coefficient (Wildman–Crippen LogP) is 4.58. The number of nitrogens with zero attached hydrogens (tertiary/aromatic N) is 3. The summed E-state index contributed by atoms with van der Waals surface area (Å²) in [4.78, 5) is 4.73. The van der Waals surface area contributed by atoms with Gasteiger partial charge < -0.3 is 9.88 Å². The molecule has 0 bridgehead atoms. The van der Waals surface area contributed by atoms with Crippen LogP contribution in [0.2, 0.25) is 0 Å². The van der Waals surface area contributed by atoms with Crippen LogP contribution in [0.3, 0.4) is 0 Å². The average molecular weight is 400 g/mol. The van der Waals surface area contributed by atoms with Crippen molar-refractivity contribution in [3.63, 3.8) is 0 Å². The number of hydrogen-bond donors (Lipinski definition) is 2. The first kappa shape index (κ1) is 17.8. The summed E-state index contributed by atoms with van der Waals surface area (Å²) < 4.78 is 2.21. The summed E-state index contributed by atoms with van der Waals surface area (Å²) >= 11 is 1.67. The highest BCUT2D eigenvalue weighted by molar-refractivity contribution is 8.03. The van der Waals surface area contributed by atoms with Crippen molar-refractivity contribution < 1.29 is 0 Å². The fourth-order valence-electron chi connectivity index (χ4n) is 3.85. The van der Waals surface area contributed by atoms with Crippen LogP contribution in [-0.2, 0) is 7.05 Å². The molecule has 0 saturated heterocycles. The van der Waals surface area contributed by atoms with Gasteiger partial charge in [-0.05, 0) is 30.0 Å². The molecule has 4 aromatic rings. The minimum absolute atomic E-state index is 0.00356. The maximum Gasteiger partial charge on any atom is 0.165 e. The molecule has 0 saturated carbocycles. The van der Waals surface area contributed by atoms with Gasteiger partial charge in [0.1, 0.15) is 0 Å². The van der Waals surface area contributed by atoms with E-state index in [0.29, 0.717) is 0 Å². The Labute approximate surface area is 173 Å². The Bertz CT molecular complexity index is 1260. The van der Waals surface area contributed by atoms with Crippen LogP contribution < -0.4 is 10.7 Å². The molecule has 1 unspecified atom stereocenters. The monoisotopic (exact) mass is 399 g/mol. The Hall–Kier alpha value is -3.25. The van der Waals surface area contributed by atoms with Crippen LogP contribution in [0, 0.1) is 6.92 Å². The van der Waals surface area contributed by atoms with Crippen molar-refractivity contribution in [1.29, 1.82) is 0 Å². The highest BCUT2D eigenvalue weighted by Gasteiger charge is 2.16. The second-order valence-electron chi connectivity index (χ2n) is 7.05. The van der Waals surface area contributed by atoms with Crippen LogP contribution in [0.4, 0.5) is 0 Å². The van der Waals surface area contributed by atoms with Crippen molar-refractivity contribution in [3.05, 3.63) is 83.0 Å². The van der Waals surface area contributed by atoms with Gasteiger partial charge in [-0.2, -0.15) is 5.10 Å². The van der Waals surface area contributed by atoms with Crippen molar-refractivity contribution in [2.45, 2.75) is 12.4 Å². The number of pyridine rings is 1. The summed E-state index contributed by atoms with van der Waals surface area (Å²) in [6, 6.07) is 20.8.